The van der Waals surface area contributed by atoms with Crippen molar-refractivity contribution >= 4 is 17.4 Å². The number of hydrogen-bond donors (Lipinski definition) is 0. The number of anilines is 2. The van der Waals surface area contributed by atoms with Gasteiger partial charge in [-0.15, -0.1) is 0 Å². The van der Waals surface area contributed by atoms with Crippen LogP contribution in [0.2, 0.25) is 0 Å². The van der Waals surface area contributed by atoms with E-state index in [1.54, 1.807) is 17.3 Å². The number of rotatable bonds is 5. The Labute approximate surface area is 143 Å². The normalized spacial score (nSPS) is 13.5. The van der Waals surface area contributed by atoms with Crippen molar-refractivity contribution in [2.75, 3.05) is 25.0 Å². The molecule has 1 aromatic heterocycles. The first kappa shape index (κ1) is 16.4. The fourth-order valence-electron chi connectivity index (χ4n) is 3.04. The summed E-state index contributed by atoms with van der Waals surface area (Å²) in [5, 5.41) is 0. The summed E-state index contributed by atoms with van der Waals surface area (Å²) < 4.78 is 0. The minimum Gasteiger partial charge on any atom is -0.340 e. The van der Waals surface area contributed by atoms with Crippen molar-refractivity contribution in [3.63, 3.8) is 0 Å². The number of para-hydroxylation sites is 1. The van der Waals surface area contributed by atoms with Gasteiger partial charge in [0, 0.05) is 25.8 Å². The average molecular weight is 324 g/mol. The van der Waals surface area contributed by atoms with Crippen LogP contribution in [0, 0.1) is 0 Å². The maximum atomic E-state index is 12.3. The molecule has 0 fully saturated rings. The monoisotopic (exact) mass is 324 g/mol. The summed E-state index contributed by atoms with van der Waals surface area (Å²) in [5.41, 5.74) is 2.94. The number of fused-ring (bicyclic) bond motifs is 1. The Hall–Kier alpha value is -2.43. The van der Waals surface area contributed by atoms with Crippen molar-refractivity contribution < 1.29 is 4.79 Å². The standard InChI is InChI=1S/C19H24N4O/c1-3-4-11-22(2)19(24)16-13-21-18(14-20-16)23-12-7-9-15-8-5-6-10-17(15)23/h5-6,8,10,13-14H,3-4,7,9,11-12H2,1-2H3. The van der Waals surface area contributed by atoms with Crippen LogP contribution in [0.4, 0.5) is 11.5 Å². The lowest BCUT2D eigenvalue weighted by molar-refractivity contribution is 0.0787. The fraction of sp³-hybridized carbons (Fsp3) is 0.421. The summed E-state index contributed by atoms with van der Waals surface area (Å²) in [7, 11) is 1.81. The highest BCUT2D eigenvalue weighted by Crippen LogP contribution is 2.31. The fourth-order valence-corrected chi connectivity index (χ4v) is 3.04. The number of aromatic nitrogens is 2. The predicted octanol–water partition coefficient (Wildman–Crippen LogP) is 3.43. The summed E-state index contributed by atoms with van der Waals surface area (Å²) in [5.74, 6) is 0.733. The Bertz CT molecular complexity index is 699. The number of benzene rings is 1. The lowest BCUT2D eigenvalue weighted by Gasteiger charge is -2.30. The molecule has 0 aliphatic carbocycles. The molecule has 5 heteroatoms. The van der Waals surface area contributed by atoms with E-state index in [4.69, 9.17) is 0 Å². The van der Waals surface area contributed by atoms with E-state index in [2.05, 4.69) is 40.0 Å². The number of carbonyl (C=O) groups is 1. The van der Waals surface area contributed by atoms with Crippen molar-refractivity contribution in [1.82, 2.24) is 14.9 Å². The molecule has 2 aromatic rings. The van der Waals surface area contributed by atoms with Gasteiger partial charge in [-0.2, -0.15) is 0 Å². The zero-order chi connectivity index (χ0) is 16.9. The van der Waals surface area contributed by atoms with Gasteiger partial charge in [-0.05, 0) is 30.9 Å². The average Bonchev–Trinajstić information content (AvgIpc) is 2.65. The molecule has 2 heterocycles. The zero-order valence-electron chi connectivity index (χ0n) is 14.4. The van der Waals surface area contributed by atoms with Gasteiger partial charge in [0.2, 0.25) is 0 Å². The van der Waals surface area contributed by atoms with Gasteiger partial charge in [-0.3, -0.25) is 4.79 Å². The van der Waals surface area contributed by atoms with Crippen LogP contribution < -0.4 is 4.90 Å². The second kappa shape index (κ2) is 7.43. The van der Waals surface area contributed by atoms with Crippen molar-refractivity contribution in [1.29, 1.82) is 0 Å². The van der Waals surface area contributed by atoms with E-state index >= 15 is 0 Å². The van der Waals surface area contributed by atoms with Gasteiger partial charge in [-0.1, -0.05) is 31.5 Å². The molecule has 0 N–H and O–H groups in total. The summed E-state index contributed by atoms with van der Waals surface area (Å²) in [6.45, 7) is 3.79. The zero-order valence-corrected chi connectivity index (χ0v) is 14.4. The van der Waals surface area contributed by atoms with Crippen LogP contribution in [0.5, 0.6) is 0 Å². The molecular weight excluding hydrogens is 300 g/mol. The molecule has 0 atom stereocenters. The van der Waals surface area contributed by atoms with Crippen LogP contribution in [-0.2, 0) is 6.42 Å². The van der Waals surface area contributed by atoms with Gasteiger partial charge in [-0.25, -0.2) is 9.97 Å². The van der Waals surface area contributed by atoms with E-state index in [1.165, 1.54) is 11.3 Å². The number of hydrogen-bond acceptors (Lipinski definition) is 4. The Morgan fingerprint density at radius 1 is 1.25 bits per heavy atom. The molecule has 0 saturated carbocycles. The molecule has 0 unspecified atom stereocenters. The Morgan fingerprint density at radius 3 is 2.83 bits per heavy atom. The Balaban J connectivity index is 1.77. The predicted molar refractivity (Wildman–Crippen MR) is 95.7 cm³/mol. The lowest BCUT2D eigenvalue weighted by atomic mass is 10.0. The second-order valence-corrected chi connectivity index (χ2v) is 6.22. The largest absolute Gasteiger partial charge is 0.340 e. The van der Waals surface area contributed by atoms with E-state index in [0.29, 0.717) is 5.69 Å². The van der Waals surface area contributed by atoms with E-state index in [1.807, 2.05) is 13.1 Å². The van der Waals surface area contributed by atoms with Crippen LogP contribution in [-0.4, -0.2) is 40.9 Å². The van der Waals surface area contributed by atoms with E-state index in [9.17, 15) is 4.79 Å². The molecule has 1 aliphatic heterocycles. The van der Waals surface area contributed by atoms with Crippen molar-refractivity contribution in [3.05, 3.63) is 47.9 Å². The summed E-state index contributed by atoms with van der Waals surface area (Å²) in [6, 6.07) is 8.40. The molecular formula is C19H24N4O. The van der Waals surface area contributed by atoms with E-state index in [0.717, 1.165) is 44.6 Å². The van der Waals surface area contributed by atoms with Gasteiger partial charge in [0.25, 0.3) is 5.91 Å². The van der Waals surface area contributed by atoms with Crippen LogP contribution in [0.25, 0.3) is 0 Å². The first-order valence-corrected chi connectivity index (χ1v) is 8.63. The summed E-state index contributed by atoms with van der Waals surface area (Å²) in [4.78, 5) is 25.1. The van der Waals surface area contributed by atoms with Gasteiger partial charge in [0.15, 0.2) is 5.82 Å². The molecule has 0 bridgehead atoms. The number of aryl methyl sites for hydroxylation is 1. The molecule has 24 heavy (non-hydrogen) atoms. The van der Waals surface area contributed by atoms with Crippen LogP contribution in [0.3, 0.4) is 0 Å². The first-order valence-electron chi connectivity index (χ1n) is 8.63. The smallest absolute Gasteiger partial charge is 0.273 e. The highest BCUT2D eigenvalue weighted by Gasteiger charge is 2.20. The summed E-state index contributed by atoms with van der Waals surface area (Å²) >= 11 is 0. The SMILES string of the molecule is CCCCN(C)C(=O)c1cnc(N2CCCc3ccccc32)cn1. The Morgan fingerprint density at radius 2 is 2.08 bits per heavy atom. The minimum absolute atomic E-state index is 0.0680. The molecule has 126 valence electrons. The van der Waals surface area contributed by atoms with Gasteiger partial charge in [0.1, 0.15) is 5.69 Å². The van der Waals surface area contributed by atoms with Gasteiger partial charge in [0.05, 0.1) is 12.4 Å². The van der Waals surface area contributed by atoms with Crippen molar-refractivity contribution in [3.8, 4) is 0 Å². The number of carbonyl (C=O) groups excluding carboxylic acids is 1. The maximum absolute atomic E-state index is 12.3. The van der Waals surface area contributed by atoms with E-state index < -0.39 is 0 Å². The molecule has 0 radical (unpaired) electrons. The third-order valence-corrected chi connectivity index (χ3v) is 4.44. The third-order valence-electron chi connectivity index (χ3n) is 4.44. The molecule has 1 aliphatic rings. The Kier molecular flexibility index (Phi) is 5.08. The van der Waals surface area contributed by atoms with Crippen molar-refractivity contribution in [2.45, 2.75) is 32.6 Å². The molecule has 3 rings (SSSR count). The number of amides is 1. The molecule has 0 spiro atoms. The quantitative estimate of drug-likeness (QED) is 0.845. The number of nitrogens with zero attached hydrogens (tertiary/aromatic N) is 4. The molecule has 0 saturated heterocycles. The minimum atomic E-state index is -0.0680. The summed E-state index contributed by atoms with van der Waals surface area (Å²) in [6.07, 6.45) is 7.56. The molecule has 1 amide bonds. The maximum Gasteiger partial charge on any atom is 0.273 e. The highest BCUT2D eigenvalue weighted by molar-refractivity contribution is 5.91. The van der Waals surface area contributed by atoms with Crippen LogP contribution >= 0.6 is 0 Å². The number of unbranched alkanes of at least 4 members (excludes halogenated alkanes) is 1. The van der Waals surface area contributed by atoms with Crippen LogP contribution in [0.1, 0.15) is 42.2 Å². The highest BCUT2D eigenvalue weighted by atomic mass is 16.2. The molecule has 5 nitrogen and oxygen atoms in total. The third kappa shape index (κ3) is 3.40. The second-order valence-electron chi connectivity index (χ2n) is 6.22. The topological polar surface area (TPSA) is 49.3 Å². The lowest BCUT2D eigenvalue weighted by Crippen LogP contribution is -2.29. The van der Waals surface area contributed by atoms with E-state index in [-0.39, 0.29) is 5.91 Å². The van der Waals surface area contributed by atoms with Crippen LogP contribution in [0.15, 0.2) is 36.7 Å². The van der Waals surface area contributed by atoms with Crippen molar-refractivity contribution in [2.24, 2.45) is 0 Å². The first-order chi connectivity index (χ1) is 11.7. The molecule has 1 aromatic carbocycles. The van der Waals surface area contributed by atoms with Gasteiger partial charge < -0.3 is 9.80 Å². The van der Waals surface area contributed by atoms with Gasteiger partial charge >= 0.3 is 0 Å².